The van der Waals surface area contributed by atoms with Crippen LogP contribution in [0.15, 0.2) is 34.3 Å². The average Bonchev–Trinajstić information content (AvgIpc) is 3.27. The Balaban J connectivity index is 1.47. The minimum absolute atomic E-state index is 0.0171. The molecule has 3 heterocycles. The summed E-state index contributed by atoms with van der Waals surface area (Å²) in [6.45, 7) is 7.55. The van der Waals surface area contributed by atoms with Crippen LogP contribution in [0.1, 0.15) is 24.0 Å². The van der Waals surface area contributed by atoms with Crippen molar-refractivity contribution in [1.82, 2.24) is 20.1 Å². The Morgan fingerprint density at radius 1 is 1.44 bits per heavy atom. The third-order valence-electron chi connectivity index (χ3n) is 3.86. The summed E-state index contributed by atoms with van der Waals surface area (Å²) < 4.78 is 7.31. The van der Waals surface area contributed by atoms with Crippen LogP contribution in [0.4, 0.5) is 0 Å². The number of amides is 1. The van der Waals surface area contributed by atoms with Gasteiger partial charge in [0.15, 0.2) is 10.8 Å². The number of rotatable bonds is 7. The molecule has 132 valence electrons. The third kappa shape index (κ3) is 4.57. The molecule has 6 nitrogen and oxygen atoms in total. The second kappa shape index (κ2) is 7.65. The van der Waals surface area contributed by atoms with Gasteiger partial charge in [-0.2, -0.15) is 5.10 Å². The Morgan fingerprint density at radius 3 is 2.96 bits per heavy atom. The fourth-order valence-corrected chi connectivity index (χ4v) is 3.42. The number of furan rings is 1. The summed E-state index contributed by atoms with van der Waals surface area (Å²) in [6.07, 6.45) is 1.90. The Labute approximate surface area is 150 Å². The summed E-state index contributed by atoms with van der Waals surface area (Å²) in [5.41, 5.74) is 2.92. The molecule has 3 rings (SSSR count). The van der Waals surface area contributed by atoms with Crippen molar-refractivity contribution >= 4 is 17.2 Å². The molecule has 0 aromatic carbocycles. The molecular weight excluding hydrogens is 336 g/mol. The number of hydrogen-bond donors (Lipinski definition) is 1. The minimum atomic E-state index is -0.0171. The van der Waals surface area contributed by atoms with Gasteiger partial charge in [0, 0.05) is 24.2 Å². The molecule has 0 radical (unpaired) electrons. The summed E-state index contributed by atoms with van der Waals surface area (Å²) in [5.74, 6) is 1.02. The number of hydrogen-bond acceptors (Lipinski definition) is 5. The molecule has 0 saturated carbocycles. The number of nitrogens with zero attached hydrogens (tertiary/aromatic N) is 3. The van der Waals surface area contributed by atoms with Crippen LogP contribution in [0.2, 0.25) is 0 Å². The Kier molecular flexibility index (Phi) is 5.33. The lowest BCUT2D eigenvalue weighted by Crippen LogP contribution is -2.31. The fraction of sp³-hybridized carbons (Fsp3) is 0.389. The topological polar surface area (TPSA) is 73.0 Å². The van der Waals surface area contributed by atoms with Crippen molar-refractivity contribution in [3.63, 3.8) is 0 Å². The van der Waals surface area contributed by atoms with Gasteiger partial charge in [0.1, 0.15) is 0 Å². The van der Waals surface area contributed by atoms with Gasteiger partial charge in [0.05, 0.1) is 24.1 Å². The highest BCUT2D eigenvalue weighted by Crippen LogP contribution is 2.24. The number of thiazole rings is 1. The van der Waals surface area contributed by atoms with E-state index in [-0.39, 0.29) is 12.3 Å². The third-order valence-corrected chi connectivity index (χ3v) is 4.77. The van der Waals surface area contributed by atoms with E-state index in [1.807, 2.05) is 36.0 Å². The summed E-state index contributed by atoms with van der Waals surface area (Å²) in [6, 6.07) is 5.75. The molecule has 0 spiro atoms. The summed E-state index contributed by atoms with van der Waals surface area (Å²) >= 11 is 1.48. The number of aryl methyl sites for hydroxylation is 2. The highest BCUT2D eigenvalue weighted by Gasteiger charge is 2.12. The van der Waals surface area contributed by atoms with Crippen LogP contribution < -0.4 is 5.32 Å². The van der Waals surface area contributed by atoms with Crippen molar-refractivity contribution < 1.29 is 9.21 Å². The van der Waals surface area contributed by atoms with E-state index in [9.17, 15) is 4.79 Å². The van der Waals surface area contributed by atoms with Crippen molar-refractivity contribution in [2.75, 3.05) is 6.54 Å². The van der Waals surface area contributed by atoms with Gasteiger partial charge in [-0.3, -0.25) is 9.48 Å². The Hall–Kier alpha value is -2.41. The SMILES string of the molecule is Cc1cc(C)n(C[C@H](C)CNC(=O)Cc2csc(-c3ccco3)n2)n1. The zero-order chi connectivity index (χ0) is 17.8. The van der Waals surface area contributed by atoms with Gasteiger partial charge in [0.2, 0.25) is 5.91 Å². The Bertz CT molecular complexity index is 835. The second-order valence-corrected chi connectivity index (χ2v) is 7.17. The van der Waals surface area contributed by atoms with Crippen LogP contribution in [-0.4, -0.2) is 27.2 Å². The second-order valence-electron chi connectivity index (χ2n) is 6.32. The van der Waals surface area contributed by atoms with Crippen molar-refractivity contribution in [3.8, 4) is 10.8 Å². The number of nitrogens with one attached hydrogen (secondary N) is 1. The zero-order valence-corrected chi connectivity index (χ0v) is 15.5. The largest absolute Gasteiger partial charge is 0.462 e. The molecule has 25 heavy (non-hydrogen) atoms. The standard InChI is InChI=1S/C18H22N4O2S/c1-12(10-22-14(3)7-13(2)21-22)9-19-17(23)8-15-11-25-18(20-15)16-5-4-6-24-16/h4-7,11-12H,8-10H2,1-3H3,(H,19,23)/t12-/m1/s1. The highest BCUT2D eigenvalue weighted by molar-refractivity contribution is 7.13. The molecule has 0 saturated heterocycles. The van der Waals surface area contributed by atoms with Crippen molar-refractivity contribution in [2.24, 2.45) is 5.92 Å². The molecule has 0 aliphatic carbocycles. The van der Waals surface area contributed by atoms with E-state index < -0.39 is 0 Å². The molecule has 3 aromatic heterocycles. The van der Waals surface area contributed by atoms with E-state index in [1.54, 1.807) is 6.26 Å². The molecule has 0 bridgehead atoms. The van der Waals surface area contributed by atoms with Crippen molar-refractivity contribution in [3.05, 3.63) is 46.9 Å². The first-order chi connectivity index (χ1) is 12.0. The molecule has 1 atom stereocenters. The maximum Gasteiger partial charge on any atom is 0.226 e. The predicted octanol–water partition coefficient (Wildman–Crippen LogP) is 3.21. The van der Waals surface area contributed by atoms with E-state index in [1.165, 1.54) is 11.3 Å². The van der Waals surface area contributed by atoms with Crippen molar-refractivity contribution in [2.45, 2.75) is 33.7 Å². The lowest BCUT2D eigenvalue weighted by atomic mass is 10.1. The first-order valence-electron chi connectivity index (χ1n) is 8.27. The van der Waals surface area contributed by atoms with Gasteiger partial charge >= 0.3 is 0 Å². The van der Waals surface area contributed by atoms with E-state index in [0.717, 1.165) is 34.4 Å². The Morgan fingerprint density at radius 2 is 2.28 bits per heavy atom. The highest BCUT2D eigenvalue weighted by atomic mass is 32.1. The lowest BCUT2D eigenvalue weighted by molar-refractivity contribution is -0.120. The number of aromatic nitrogens is 3. The molecule has 1 N–H and O–H groups in total. The van der Waals surface area contributed by atoms with Crippen LogP contribution in [0.25, 0.3) is 10.8 Å². The normalized spacial score (nSPS) is 12.3. The molecular formula is C18H22N4O2S. The smallest absolute Gasteiger partial charge is 0.226 e. The van der Waals surface area contributed by atoms with Crippen LogP contribution in [0.3, 0.4) is 0 Å². The van der Waals surface area contributed by atoms with Crippen LogP contribution in [0.5, 0.6) is 0 Å². The predicted molar refractivity (Wildman–Crippen MR) is 97.4 cm³/mol. The zero-order valence-electron chi connectivity index (χ0n) is 14.7. The van der Waals surface area contributed by atoms with E-state index in [4.69, 9.17) is 4.42 Å². The van der Waals surface area contributed by atoms with Crippen molar-refractivity contribution in [1.29, 1.82) is 0 Å². The van der Waals surface area contributed by atoms with Gasteiger partial charge in [0.25, 0.3) is 0 Å². The van der Waals surface area contributed by atoms with Crippen LogP contribution in [0, 0.1) is 19.8 Å². The monoisotopic (exact) mass is 358 g/mol. The van der Waals surface area contributed by atoms with Crippen LogP contribution in [-0.2, 0) is 17.8 Å². The van der Waals surface area contributed by atoms with Gasteiger partial charge in [-0.15, -0.1) is 11.3 Å². The molecule has 0 aliphatic rings. The first-order valence-corrected chi connectivity index (χ1v) is 9.15. The maximum atomic E-state index is 12.1. The molecule has 0 unspecified atom stereocenters. The maximum absolute atomic E-state index is 12.1. The minimum Gasteiger partial charge on any atom is -0.462 e. The van der Waals surface area contributed by atoms with E-state index in [0.29, 0.717) is 12.5 Å². The van der Waals surface area contributed by atoms with Crippen LogP contribution >= 0.6 is 11.3 Å². The number of carbonyl (C=O) groups excluding carboxylic acids is 1. The van der Waals surface area contributed by atoms with Gasteiger partial charge in [-0.25, -0.2) is 4.98 Å². The molecule has 3 aromatic rings. The van der Waals surface area contributed by atoms with Gasteiger partial charge < -0.3 is 9.73 Å². The summed E-state index contributed by atoms with van der Waals surface area (Å²) in [4.78, 5) is 16.6. The summed E-state index contributed by atoms with van der Waals surface area (Å²) in [7, 11) is 0. The lowest BCUT2D eigenvalue weighted by Gasteiger charge is -2.13. The molecule has 0 aliphatic heterocycles. The van der Waals surface area contributed by atoms with E-state index in [2.05, 4.69) is 28.4 Å². The summed E-state index contributed by atoms with van der Waals surface area (Å²) in [5, 5.41) is 10.1. The molecule has 1 amide bonds. The van der Waals surface area contributed by atoms with Gasteiger partial charge in [-0.1, -0.05) is 6.92 Å². The van der Waals surface area contributed by atoms with E-state index >= 15 is 0 Å². The molecule has 7 heteroatoms. The van der Waals surface area contributed by atoms with Gasteiger partial charge in [-0.05, 0) is 38.0 Å². The number of carbonyl (C=O) groups is 1. The molecule has 0 fully saturated rings. The average molecular weight is 358 g/mol. The fourth-order valence-electron chi connectivity index (χ4n) is 2.64. The first kappa shape index (κ1) is 17.4. The quantitative estimate of drug-likeness (QED) is 0.704.